The van der Waals surface area contributed by atoms with E-state index < -0.39 is 0 Å². The second kappa shape index (κ2) is 5.50. The SMILES string of the molecule is Cc1nccc(CNc2ccc3c(c2)NC(=O)CS3)n1. The summed E-state index contributed by atoms with van der Waals surface area (Å²) < 4.78 is 0. The number of anilines is 2. The van der Waals surface area contributed by atoms with E-state index in [4.69, 9.17) is 0 Å². The Labute approximate surface area is 121 Å². The maximum atomic E-state index is 11.4. The van der Waals surface area contributed by atoms with Gasteiger partial charge in [-0.3, -0.25) is 4.79 Å². The lowest BCUT2D eigenvalue weighted by Gasteiger charge is -2.17. The van der Waals surface area contributed by atoms with Gasteiger partial charge in [-0.25, -0.2) is 9.97 Å². The molecule has 0 atom stereocenters. The summed E-state index contributed by atoms with van der Waals surface area (Å²) in [5, 5.41) is 6.18. The topological polar surface area (TPSA) is 66.9 Å². The van der Waals surface area contributed by atoms with E-state index in [1.807, 2.05) is 31.2 Å². The number of thioether (sulfide) groups is 1. The molecule has 1 amide bonds. The zero-order chi connectivity index (χ0) is 13.9. The van der Waals surface area contributed by atoms with Crippen LogP contribution in [0.25, 0.3) is 0 Å². The first-order valence-electron chi connectivity index (χ1n) is 6.30. The number of carbonyl (C=O) groups is 1. The minimum absolute atomic E-state index is 0.0473. The smallest absolute Gasteiger partial charge is 0.234 e. The second-order valence-corrected chi connectivity index (χ2v) is 5.51. The van der Waals surface area contributed by atoms with Crippen LogP contribution < -0.4 is 10.6 Å². The third-order valence-corrected chi connectivity index (χ3v) is 3.99. The fourth-order valence-electron chi connectivity index (χ4n) is 1.99. The van der Waals surface area contributed by atoms with Crippen molar-refractivity contribution < 1.29 is 4.79 Å². The summed E-state index contributed by atoms with van der Waals surface area (Å²) >= 11 is 1.56. The fraction of sp³-hybridized carbons (Fsp3) is 0.214. The maximum Gasteiger partial charge on any atom is 0.234 e. The molecule has 3 rings (SSSR count). The van der Waals surface area contributed by atoms with E-state index >= 15 is 0 Å². The van der Waals surface area contributed by atoms with E-state index in [0.29, 0.717) is 12.3 Å². The molecule has 1 aromatic carbocycles. The van der Waals surface area contributed by atoms with Crippen molar-refractivity contribution in [3.8, 4) is 0 Å². The quantitative estimate of drug-likeness (QED) is 0.907. The second-order valence-electron chi connectivity index (χ2n) is 4.50. The van der Waals surface area contributed by atoms with E-state index in [2.05, 4.69) is 20.6 Å². The van der Waals surface area contributed by atoms with Crippen molar-refractivity contribution in [2.24, 2.45) is 0 Å². The number of carbonyl (C=O) groups excluding carboxylic acids is 1. The summed E-state index contributed by atoms with van der Waals surface area (Å²) in [6.07, 6.45) is 1.75. The van der Waals surface area contributed by atoms with Crippen LogP contribution in [-0.2, 0) is 11.3 Å². The largest absolute Gasteiger partial charge is 0.379 e. The maximum absolute atomic E-state index is 11.4. The van der Waals surface area contributed by atoms with Crippen molar-refractivity contribution in [1.82, 2.24) is 9.97 Å². The molecule has 0 radical (unpaired) electrons. The minimum Gasteiger partial charge on any atom is -0.379 e. The Morgan fingerprint density at radius 1 is 1.40 bits per heavy atom. The molecular weight excluding hydrogens is 272 g/mol. The van der Waals surface area contributed by atoms with Gasteiger partial charge < -0.3 is 10.6 Å². The molecule has 6 heteroatoms. The summed E-state index contributed by atoms with van der Waals surface area (Å²) in [5.74, 6) is 1.30. The normalized spacial score (nSPS) is 13.6. The number of aromatic nitrogens is 2. The van der Waals surface area contributed by atoms with Gasteiger partial charge in [0.15, 0.2) is 0 Å². The van der Waals surface area contributed by atoms with Gasteiger partial charge in [-0.05, 0) is 31.2 Å². The van der Waals surface area contributed by atoms with Crippen LogP contribution >= 0.6 is 11.8 Å². The van der Waals surface area contributed by atoms with Gasteiger partial charge in [0.2, 0.25) is 5.91 Å². The Hall–Kier alpha value is -2.08. The lowest BCUT2D eigenvalue weighted by atomic mass is 10.2. The van der Waals surface area contributed by atoms with Crippen LogP contribution in [0.2, 0.25) is 0 Å². The molecule has 2 heterocycles. The first-order chi connectivity index (χ1) is 9.70. The van der Waals surface area contributed by atoms with E-state index in [-0.39, 0.29) is 5.91 Å². The predicted octanol–water partition coefficient (Wildman–Crippen LogP) is 2.44. The average molecular weight is 286 g/mol. The van der Waals surface area contributed by atoms with E-state index in [1.165, 1.54) is 0 Å². The van der Waals surface area contributed by atoms with E-state index in [9.17, 15) is 4.79 Å². The van der Waals surface area contributed by atoms with Gasteiger partial charge in [0.25, 0.3) is 0 Å². The highest BCUT2D eigenvalue weighted by Crippen LogP contribution is 2.33. The number of nitrogens with one attached hydrogen (secondary N) is 2. The third kappa shape index (κ3) is 2.91. The monoisotopic (exact) mass is 286 g/mol. The molecule has 0 unspecified atom stereocenters. The van der Waals surface area contributed by atoms with Gasteiger partial charge in [-0.1, -0.05) is 0 Å². The molecule has 1 aromatic heterocycles. The highest BCUT2D eigenvalue weighted by molar-refractivity contribution is 8.00. The van der Waals surface area contributed by atoms with Crippen molar-refractivity contribution in [1.29, 1.82) is 0 Å². The van der Waals surface area contributed by atoms with Crippen molar-refractivity contribution in [2.75, 3.05) is 16.4 Å². The van der Waals surface area contributed by atoms with Crippen LogP contribution in [0.15, 0.2) is 35.4 Å². The molecule has 1 aliphatic rings. The lowest BCUT2D eigenvalue weighted by molar-refractivity contribution is -0.113. The van der Waals surface area contributed by atoms with Gasteiger partial charge in [-0.2, -0.15) is 0 Å². The van der Waals surface area contributed by atoms with Gasteiger partial charge in [0.05, 0.1) is 23.7 Å². The van der Waals surface area contributed by atoms with Crippen LogP contribution in [0.3, 0.4) is 0 Å². The van der Waals surface area contributed by atoms with Crippen molar-refractivity contribution in [3.63, 3.8) is 0 Å². The van der Waals surface area contributed by atoms with Crippen LogP contribution in [0.4, 0.5) is 11.4 Å². The van der Waals surface area contributed by atoms with Gasteiger partial charge in [-0.15, -0.1) is 11.8 Å². The Bertz CT molecular complexity index is 659. The Morgan fingerprint density at radius 3 is 3.15 bits per heavy atom. The average Bonchev–Trinajstić information content (AvgIpc) is 2.45. The Kier molecular flexibility index (Phi) is 3.56. The molecule has 2 aromatic rings. The van der Waals surface area contributed by atoms with Crippen molar-refractivity contribution in [3.05, 3.63) is 42.0 Å². The predicted molar refractivity (Wildman–Crippen MR) is 79.9 cm³/mol. The summed E-state index contributed by atoms with van der Waals surface area (Å²) in [5.41, 5.74) is 2.77. The first kappa shape index (κ1) is 12.9. The lowest BCUT2D eigenvalue weighted by Crippen LogP contribution is -2.18. The van der Waals surface area contributed by atoms with Crippen molar-refractivity contribution >= 4 is 29.0 Å². The molecule has 2 N–H and O–H groups in total. The molecule has 0 fully saturated rings. The molecule has 1 aliphatic heterocycles. The van der Waals surface area contributed by atoms with E-state index in [0.717, 1.165) is 27.8 Å². The number of rotatable bonds is 3. The molecule has 0 aliphatic carbocycles. The molecule has 0 spiro atoms. The molecule has 20 heavy (non-hydrogen) atoms. The van der Waals surface area contributed by atoms with Crippen LogP contribution in [0.1, 0.15) is 11.5 Å². The number of aryl methyl sites for hydroxylation is 1. The number of amides is 1. The molecule has 0 saturated carbocycles. The molecule has 102 valence electrons. The highest BCUT2D eigenvalue weighted by atomic mass is 32.2. The zero-order valence-electron chi connectivity index (χ0n) is 11.0. The third-order valence-electron chi connectivity index (χ3n) is 2.92. The van der Waals surface area contributed by atoms with Gasteiger partial charge in [0, 0.05) is 16.8 Å². The number of nitrogens with zero attached hydrogens (tertiary/aromatic N) is 2. The summed E-state index contributed by atoms with van der Waals surface area (Å²) in [7, 11) is 0. The Balaban J connectivity index is 1.72. The Morgan fingerprint density at radius 2 is 2.30 bits per heavy atom. The first-order valence-corrected chi connectivity index (χ1v) is 7.28. The molecule has 5 nitrogen and oxygen atoms in total. The number of hydrogen-bond donors (Lipinski definition) is 2. The van der Waals surface area contributed by atoms with Gasteiger partial charge in [0.1, 0.15) is 5.82 Å². The van der Waals surface area contributed by atoms with Crippen LogP contribution in [0.5, 0.6) is 0 Å². The molecule has 0 bridgehead atoms. The standard InChI is InChI=1S/C14H14N4OS/c1-9-15-5-4-11(17-9)7-16-10-2-3-13-12(6-10)18-14(19)8-20-13/h2-6,16H,7-8H2,1H3,(H,18,19). The number of benzene rings is 1. The minimum atomic E-state index is 0.0473. The highest BCUT2D eigenvalue weighted by Gasteiger charge is 2.15. The number of fused-ring (bicyclic) bond motifs is 1. The van der Waals surface area contributed by atoms with Crippen LogP contribution in [0, 0.1) is 6.92 Å². The molecule has 0 saturated heterocycles. The van der Waals surface area contributed by atoms with Crippen LogP contribution in [-0.4, -0.2) is 21.6 Å². The van der Waals surface area contributed by atoms with Crippen molar-refractivity contribution in [2.45, 2.75) is 18.4 Å². The number of hydrogen-bond acceptors (Lipinski definition) is 5. The van der Waals surface area contributed by atoms with E-state index in [1.54, 1.807) is 18.0 Å². The summed E-state index contributed by atoms with van der Waals surface area (Å²) in [4.78, 5) is 20.9. The zero-order valence-corrected chi connectivity index (χ0v) is 11.8. The fourth-order valence-corrected chi connectivity index (χ4v) is 2.78. The summed E-state index contributed by atoms with van der Waals surface area (Å²) in [6.45, 7) is 2.50. The summed E-state index contributed by atoms with van der Waals surface area (Å²) in [6, 6.07) is 7.87. The molecular formula is C14H14N4OS. The van der Waals surface area contributed by atoms with Gasteiger partial charge >= 0.3 is 0 Å².